The summed E-state index contributed by atoms with van der Waals surface area (Å²) in [5.74, 6) is 0.392. The Morgan fingerprint density at radius 3 is 2.47 bits per heavy atom. The number of carbonyl (C=O) groups excluding carboxylic acids is 1. The second-order valence-electron chi connectivity index (χ2n) is 7.23. The van der Waals surface area contributed by atoms with Gasteiger partial charge in [0.2, 0.25) is 27.6 Å². The minimum Gasteiger partial charge on any atom is -0.338 e. The van der Waals surface area contributed by atoms with Gasteiger partial charge in [0.1, 0.15) is 0 Å². The standard InChI is InChI=1S/C21H24N4O4S/c1-14(2)25(30(27,28)19-10-8-18(9-11-19)22-16(4)26)13-20-23-21(24-29-20)17-7-5-6-15(3)12-17/h5-12,14H,13H2,1-4H3,(H,22,26). The third-order valence-corrected chi connectivity index (χ3v) is 6.43. The summed E-state index contributed by atoms with van der Waals surface area (Å²) >= 11 is 0. The van der Waals surface area contributed by atoms with Gasteiger partial charge in [0.15, 0.2) is 0 Å². The Balaban J connectivity index is 1.84. The topological polar surface area (TPSA) is 105 Å². The van der Waals surface area contributed by atoms with Gasteiger partial charge in [-0.1, -0.05) is 28.9 Å². The Morgan fingerprint density at radius 2 is 1.87 bits per heavy atom. The minimum absolute atomic E-state index is 0.0493. The van der Waals surface area contributed by atoms with Gasteiger partial charge in [0, 0.05) is 24.2 Å². The van der Waals surface area contributed by atoms with Crippen molar-refractivity contribution in [2.75, 3.05) is 5.32 Å². The molecule has 3 rings (SSSR count). The summed E-state index contributed by atoms with van der Waals surface area (Å²) in [7, 11) is -3.81. The highest BCUT2D eigenvalue weighted by atomic mass is 32.2. The maximum absolute atomic E-state index is 13.2. The van der Waals surface area contributed by atoms with E-state index in [-0.39, 0.29) is 29.3 Å². The quantitative estimate of drug-likeness (QED) is 0.616. The largest absolute Gasteiger partial charge is 0.338 e. The zero-order valence-corrected chi connectivity index (χ0v) is 18.1. The summed E-state index contributed by atoms with van der Waals surface area (Å²) in [6, 6.07) is 13.4. The lowest BCUT2D eigenvalue weighted by atomic mass is 10.1. The zero-order valence-electron chi connectivity index (χ0n) is 17.3. The second-order valence-corrected chi connectivity index (χ2v) is 9.12. The molecule has 0 aliphatic rings. The van der Waals surface area contributed by atoms with E-state index in [1.165, 1.54) is 23.4 Å². The highest BCUT2D eigenvalue weighted by Gasteiger charge is 2.29. The van der Waals surface area contributed by atoms with Crippen molar-refractivity contribution in [2.24, 2.45) is 0 Å². The van der Waals surface area contributed by atoms with Gasteiger partial charge in [-0.15, -0.1) is 0 Å². The van der Waals surface area contributed by atoms with Crippen molar-refractivity contribution in [3.63, 3.8) is 0 Å². The number of aromatic nitrogens is 2. The molecule has 3 aromatic rings. The number of benzene rings is 2. The van der Waals surface area contributed by atoms with Gasteiger partial charge in [-0.2, -0.15) is 9.29 Å². The molecule has 0 saturated heterocycles. The summed E-state index contributed by atoms with van der Waals surface area (Å²) in [6.07, 6.45) is 0. The Kier molecular flexibility index (Phi) is 6.33. The molecule has 0 spiro atoms. The molecule has 2 aromatic carbocycles. The first-order valence-corrected chi connectivity index (χ1v) is 10.9. The number of sulfonamides is 1. The van der Waals surface area contributed by atoms with Crippen LogP contribution in [0.2, 0.25) is 0 Å². The fraction of sp³-hybridized carbons (Fsp3) is 0.286. The first-order chi connectivity index (χ1) is 14.2. The van der Waals surface area contributed by atoms with E-state index in [1.807, 2.05) is 31.2 Å². The van der Waals surface area contributed by atoms with Crippen LogP contribution >= 0.6 is 0 Å². The van der Waals surface area contributed by atoms with Crippen LogP contribution in [0.5, 0.6) is 0 Å². The number of amides is 1. The van der Waals surface area contributed by atoms with E-state index in [0.29, 0.717) is 11.5 Å². The van der Waals surface area contributed by atoms with Crippen LogP contribution in [0.1, 0.15) is 32.2 Å². The van der Waals surface area contributed by atoms with Crippen molar-refractivity contribution in [2.45, 2.75) is 45.2 Å². The van der Waals surface area contributed by atoms with Gasteiger partial charge in [-0.3, -0.25) is 4.79 Å². The monoisotopic (exact) mass is 428 g/mol. The summed E-state index contributed by atoms with van der Waals surface area (Å²) in [5, 5.41) is 6.60. The first-order valence-electron chi connectivity index (χ1n) is 9.46. The zero-order chi connectivity index (χ0) is 21.9. The van der Waals surface area contributed by atoms with E-state index in [9.17, 15) is 13.2 Å². The average molecular weight is 429 g/mol. The maximum atomic E-state index is 13.2. The molecule has 30 heavy (non-hydrogen) atoms. The summed E-state index contributed by atoms with van der Waals surface area (Å²) < 4.78 is 33.0. The van der Waals surface area contributed by atoms with E-state index < -0.39 is 10.0 Å². The molecule has 0 aliphatic heterocycles. The van der Waals surface area contributed by atoms with E-state index >= 15 is 0 Å². The number of nitrogens with zero attached hydrogens (tertiary/aromatic N) is 3. The van der Waals surface area contributed by atoms with Crippen LogP contribution in [-0.4, -0.2) is 34.8 Å². The molecular formula is C21H24N4O4S. The molecule has 0 atom stereocenters. The van der Waals surface area contributed by atoms with Crippen molar-refractivity contribution >= 4 is 21.6 Å². The van der Waals surface area contributed by atoms with Crippen molar-refractivity contribution < 1.29 is 17.7 Å². The van der Waals surface area contributed by atoms with Crippen molar-refractivity contribution in [3.05, 3.63) is 60.0 Å². The molecule has 1 aromatic heterocycles. The highest BCUT2D eigenvalue weighted by molar-refractivity contribution is 7.89. The average Bonchev–Trinajstić information content (AvgIpc) is 3.14. The van der Waals surface area contributed by atoms with Crippen LogP contribution in [0.3, 0.4) is 0 Å². The van der Waals surface area contributed by atoms with Crippen LogP contribution in [0.4, 0.5) is 5.69 Å². The third kappa shape index (κ3) is 4.92. The van der Waals surface area contributed by atoms with Crippen LogP contribution < -0.4 is 5.32 Å². The number of hydrogen-bond acceptors (Lipinski definition) is 6. The van der Waals surface area contributed by atoms with Gasteiger partial charge < -0.3 is 9.84 Å². The molecule has 9 heteroatoms. The fourth-order valence-corrected chi connectivity index (χ4v) is 4.53. The van der Waals surface area contributed by atoms with E-state index in [1.54, 1.807) is 26.0 Å². The molecule has 0 aliphatic carbocycles. The minimum atomic E-state index is -3.81. The Labute approximate surface area is 176 Å². The summed E-state index contributed by atoms with van der Waals surface area (Å²) in [6.45, 7) is 6.86. The van der Waals surface area contributed by atoms with Crippen LogP contribution in [-0.2, 0) is 21.4 Å². The third-order valence-electron chi connectivity index (χ3n) is 4.39. The smallest absolute Gasteiger partial charge is 0.243 e. The van der Waals surface area contributed by atoms with E-state index in [2.05, 4.69) is 15.5 Å². The number of nitrogens with one attached hydrogen (secondary N) is 1. The molecule has 1 amide bonds. The molecule has 0 radical (unpaired) electrons. The summed E-state index contributed by atoms with van der Waals surface area (Å²) in [4.78, 5) is 15.6. The number of aryl methyl sites for hydroxylation is 1. The lowest BCUT2D eigenvalue weighted by Crippen LogP contribution is -2.36. The van der Waals surface area contributed by atoms with Crippen molar-refractivity contribution in [1.29, 1.82) is 0 Å². The number of carbonyl (C=O) groups is 1. The van der Waals surface area contributed by atoms with Gasteiger partial charge in [-0.05, 0) is 51.1 Å². The Bertz CT molecular complexity index is 1140. The van der Waals surface area contributed by atoms with Gasteiger partial charge in [0.05, 0.1) is 11.4 Å². The number of anilines is 1. The molecule has 0 fully saturated rings. The molecule has 0 unspecified atom stereocenters. The predicted molar refractivity (Wildman–Crippen MR) is 113 cm³/mol. The lowest BCUT2D eigenvalue weighted by Gasteiger charge is -2.24. The fourth-order valence-electron chi connectivity index (χ4n) is 2.95. The highest BCUT2D eigenvalue weighted by Crippen LogP contribution is 2.23. The number of hydrogen-bond donors (Lipinski definition) is 1. The lowest BCUT2D eigenvalue weighted by molar-refractivity contribution is -0.114. The van der Waals surface area contributed by atoms with Gasteiger partial charge >= 0.3 is 0 Å². The molecule has 158 valence electrons. The normalized spacial score (nSPS) is 11.8. The van der Waals surface area contributed by atoms with E-state index in [0.717, 1.165) is 11.1 Å². The molecule has 0 bridgehead atoms. The Morgan fingerprint density at radius 1 is 1.17 bits per heavy atom. The summed E-state index contributed by atoms with van der Waals surface area (Å²) in [5.41, 5.74) is 2.39. The predicted octanol–water partition coefficient (Wildman–Crippen LogP) is 3.60. The second kappa shape index (κ2) is 8.76. The number of rotatable bonds is 7. The Hall–Kier alpha value is -3.04. The van der Waals surface area contributed by atoms with Crippen LogP contribution in [0, 0.1) is 6.92 Å². The van der Waals surface area contributed by atoms with Crippen LogP contribution in [0.15, 0.2) is 57.9 Å². The van der Waals surface area contributed by atoms with Gasteiger partial charge in [-0.25, -0.2) is 8.42 Å². The molecular weight excluding hydrogens is 404 g/mol. The molecule has 0 saturated carbocycles. The van der Waals surface area contributed by atoms with Gasteiger partial charge in [0.25, 0.3) is 0 Å². The van der Waals surface area contributed by atoms with Crippen LogP contribution in [0.25, 0.3) is 11.4 Å². The van der Waals surface area contributed by atoms with Crippen molar-refractivity contribution in [3.8, 4) is 11.4 Å². The molecule has 1 heterocycles. The maximum Gasteiger partial charge on any atom is 0.243 e. The van der Waals surface area contributed by atoms with E-state index in [4.69, 9.17) is 4.52 Å². The molecule has 8 nitrogen and oxygen atoms in total. The van der Waals surface area contributed by atoms with Crippen molar-refractivity contribution in [1.82, 2.24) is 14.4 Å². The molecule has 1 N–H and O–H groups in total. The first kappa shape index (κ1) is 21.7. The SMILES string of the molecule is CC(=O)Nc1ccc(S(=O)(=O)N(Cc2nc(-c3cccc(C)c3)no2)C(C)C)cc1.